The van der Waals surface area contributed by atoms with E-state index in [-0.39, 0.29) is 11.5 Å². The number of hydrogen-bond donors (Lipinski definition) is 1. The van der Waals surface area contributed by atoms with Crippen LogP contribution in [-0.2, 0) is 0 Å². The number of amides is 1. The third-order valence-electron chi connectivity index (χ3n) is 4.37. The Kier molecular flexibility index (Phi) is 4.82. The minimum atomic E-state index is -0.355. The third-order valence-corrected chi connectivity index (χ3v) is 5.78. The van der Waals surface area contributed by atoms with Crippen molar-refractivity contribution in [3.63, 3.8) is 0 Å². The molecule has 28 heavy (non-hydrogen) atoms. The second-order valence-corrected chi connectivity index (χ2v) is 7.71. The average molecular weight is 404 g/mol. The van der Waals surface area contributed by atoms with Gasteiger partial charge in [0, 0.05) is 11.3 Å². The van der Waals surface area contributed by atoms with Crippen molar-refractivity contribution in [2.75, 3.05) is 5.32 Å². The molecule has 1 heterocycles. The normalized spacial score (nSPS) is 10.6. The van der Waals surface area contributed by atoms with Crippen LogP contribution in [0.25, 0.3) is 20.8 Å². The lowest BCUT2D eigenvalue weighted by atomic mass is 10.1. The summed E-state index contributed by atoms with van der Waals surface area (Å²) in [4.78, 5) is 17.4. The summed E-state index contributed by atoms with van der Waals surface area (Å²) in [6.45, 7) is 1.92. The quantitative estimate of drug-likeness (QED) is 0.452. The Morgan fingerprint density at radius 2 is 1.96 bits per heavy atom. The first-order valence-electron chi connectivity index (χ1n) is 8.53. The number of aromatic nitrogens is 1. The van der Waals surface area contributed by atoms with Crippen molar-refractivity contribution in [2.45, 2.75) is 6.92 Å². The van der Waals surface area contributed by atoms with Crippen molar-refractivity contribution in [3.8, 4) is 16.6 Å². The van der Waals surface area contributed by atoms with Gasteiger partial charge in [0.15, 0.2) is 0 Å². The number of aryl methyl sites for hydroxylation is 1. The number of rotatable bonds is 3. The van der Waals surface area contributed by atoms with Crippen LogP contribution in [0.15, 0.2) is 60.7 Å². The maximum absolute atomic E-state index is 12.7. The minimum absolute atomic E-state index is 0.269. The molecule has 0 saturated heterocycles. The van der Waals surface area contributed by atoms with Crippen molar-refractivity contribution in [1.82, 2.24) is 4.98 Å². The topological polar surface area (TPSA) is 65.8 Å². The predicted octanol–water partition coefficient (Wildman–Crippen LogP) is 6.05. The average Bonchev–Trinajstić information content (AvgIpc) is 3.14. The van der Waals surface area contributed by atoms with Gasteiger partial charge >= 0.3 is 0 Å². The molecule has 0 radical (unpaired) electrons. The summed E-state index contributed by atoms with van der Waals surface area (Å²) in [5.74, 6) is -0.355. The molecule has 0 fully saturated rings. The zero-order chi connectivity index (χ0) is 19.7. The van der Waals surface area contributed by atoms with E-state index in [1.54, 1.807) is 23.5 Å². The lowest BCUT2D eigenvalue weighted by Crippen LogP contribution is -2.13. The lowest BCUT2D eigenvalue weighted by Gasteiger charge is -2.11. The summed E-state index contributed by atoms with van der Waals surface area (Å²) in [6.07, 6.45) is 0. The Balaban J connectivity index is 1.68. The largest absolute Gasteiger partial charge is 0.322 e. The fourth-order valence-electron chi connectivity index (χ4n) is 2.84. The molecule has 1 aromatic heterocycles. The molecule has 4 rings (SSSR count). The number of hydrogen-bond acceptors (Lipinski definition) is 4. The summed E-state index contributed by atoms with van der Waals surface area (Å²) in [6, 6.07) is 20.5. The zero-order valence-electron chi connectivity index (χ0n) is 14.9. The van der Waals surface area contributed by atoms with Gasteiger partial charge < -0.3 is 5.32 Å². The number of anilines is 1. The molecule has 6 heteroatoms. The number of carbonyl (C=O) groups is 1. The molecule has 0 unspecified atom stereocenters. The fraction of sp³-hybridized carbons (Fsp3) is 0.0455. The van der Waals surface area contributed by atoms with Crippen LogP contribution in [0.2, 0.25) is 5.02 Å². The van der Waals surface area contributed by atoms with Crippen LogP contribution in [0.5, 0.6) is 0 Å². The van der Waals surface area contributed by atoms with Crippen LogP contribution in [0.3, 0.4) is 0 Å². The number of thiazole rings is 1. The number of carbonyl (C=O) groups excluding carboxylic acids is 1. The number of nitriles is 1. The lowest BCUT2D eigenvalue weighted by molar-refractivity contribution is 0.102. The van der Waals surface area contributed by atoms with Crippen LogP contribution in [0.1, 0.15) is 21.5 Å². The van der Waals surface area contributed by atoms with Crippen LogP contribution >= 0.6 is 22.9 Å². The molecular weight excluding hydrogens is 390 g/mol. The van der Waals surface area contributed by atoms with Gasteiger partial charge in [0.1, 0.15) is 5.01 Å². The maximum Gasteiger partial charge on any atom is 0.257 e. The molecular formula is C22H14ClN3OS. The molecule has 1 amide bonds. The van der Waals surface area contributed by atoms with Crippen LogP contribution in [0.4, 0.5) is 5.69 Å². The third kappa shape index (κ3) is 3.48. The molecule has 136 valence electrons. The SMILES string of the molecule is Cc1ccc(-c2nc3ccccc3s2)cc1NC(=O)c1cc(C#N)ccc1Cl. The van der Waals surface area contributed by atoms with Crippen molar-refractivity contribution < 1.29 is 4.79 Å². The monoisotopic (exact) mass is 403 g/mol. The molecule has 0 aliphatic rings. The summed E-state index contributed by atoms with van der Waals surface area (Å²) in [5, 5.41) is 13.2. The van der Waals surface area contributed by atoms with Crippen molar-refractivity contribution >= 4 is 44.7 Å². The smallest absolute Gasteiger partial charge is 0.257 e. The standard InChI is InChI=1S/C22H14ClN3OS/c1-13-6-8-15(22-26-18-4-2-3-5-20(18)28-22)11-19(13)25-21(27)16-10-14(12-24)7-9-17(16)23/h2-11H,1H3,(H,25,27). The van der Waals surface area contributed by atoms with Gasteiger partial charge in [0.2, 0.25) is 0 Å². The Morgan fingerprint density at radius 1 is 1.14 bits per heavy atom. The molecule has 4 aromatic rings. The van der Waals surface area contributed by atoms with Crippen molar-refractivity contribution in [1.29, 1.82) is 5.26 Å². The number of nitrogens with one attached hydrogen (secondary N) is 1. The highest BCUT2D eigenvalue weighted by molar-refractivity contribution is 7.21. The zero-order valence-corrected chi connectivity index (χ0v) is 16.4. The maximum atomic E-state index is 12.7. The van der Waals surface area contributed by atoms with Crippen molar-refractivity contribution in [2.24, 2.45) is 0 Å². The van der Waals surface area contributed by atoms with E-state index in [4.69, 9.17) is 16.9 Å². The van der Waals surface area contributed by atoms with Crippen molar-refractivity contribution in [3.05, 3.63) is 82.4 Å². The fourth-order valence-corrected chi connectivity index (χ4v) is 4.01. The van der Waals surface area contributed by atoms with E-state index < -0.39 is 0 Å². The summed E-state index contributed by atoms with van der Waals surface area (Å²) in [7, 11) is 0. The number of fused-ring (bicyclic) bond motifs is 1. The van der Waals surface area contributed by atoms with Gasteiger partial charge in [-0.1, -0.05) is 35.9 Å². The van der Waals surface area contributed by atoms with Gasteiger partial charge in [-0.05, 0) is 48.9 Å². The second-order valence-electron chi connectivity index (χ2n) is 6.28. The van der Waals surface area contributed by atoms with Crippen LogP contribution in [0, 0.1) is 18.3 Å². The van der Waals surface area contributed by atoms with E-state index >= 15 is 0 Å². The van der Waals surface area contributed by atoms with Crippen LogP contribution in [-0.4, -0.2) is 10.9 Å². The number of halogens is 1. The molecule has 4 nitrogen and oxygen atoms in total. The molecule has 0 bridgehead atoms. The van der Waals surface area contributed by atoms with Crippen LogP contribution < -0.4 is 5.32 Å². The van der Waals surface area contributed by atoms with Gasteiger partial charge in [0.25, 0.3) is 5.91 Å². The Hall–Kier alpha value is -3.20. The predicted molar refractivity (Wildman–Crippen MR) is 114 cm³/mol. The van der Waals surface area contributed by atoms with E-state index in [0.717, 1.165) is 26.4 Å². The van der Waals surface area contributed by atoms with Gasteiger partial charge in [-0.15, -0.1) is 11.3 Å². The second kappa shape index (κ2) is 7.43. The summed E-state index contributed by atoms with van der Waals surface area (Å²) < 4.78 is 1.11. The highest BCUT2D eigenvalue weighted by Crippen LogP contribution is 2.32. The highest BCUT2D eigenvalue weighted by atomic mass is 35.5. The van der Waals surface area contributed by atoms with Gasteiger partial charge in [-0.3, -0.25) is 4.79 Å². The van der Waals surface area contributed by atoms with Gasteiger partial charge in [-0.2, -0.15) is 5.26 Å². The number of benzene rings is 3. The first-order chi connectivity index (χ1) is 13.5. The minimum Gasteiger partial charge on any atom is -0.322 e. The Bertz CT molecular complexity index is 1220. The highest BCUT2D eigenvalue weighted by Gasteiger charge is 2.14. The van der Waals surface area contributed by atoms with E-state index in [1.807, 2.05) is 55.5 Å². The van der Waals surface area contributed by atoms with E-state index in [2.05, 4.69) is 10.3 Å². The van der Waals surface area contributed by atoms with E-state index in [1.165, 1.54) is 6.07 Å². The number of para-hydroxylation sites is 1. The van der Waals surface area contributed by atoms with Gasteiger partial charge in [0.05, 0.1) is 32.4 Å². The molecule has 0 saturated carbocycles. The Labute approximate surface area is 171 Å². The molecule has 1 N–H and O–H groups in total. The summed E-state index contributed by atoms with van der Waals surface area (Å²) >= 11 is 7.75. The molecule has 0 aliphatic heterocycles. The van der Waals surface area contributed by atoms with Gasteiger partial charge in [-0.25, -0.2) is 4.98 Å². The molecule has 0 atom stereocenters. The first kappa shape index (κ1) is 18.2. The molecule has 3 aromatic carbocycles. The summed E-state index contributed by atoms with van der Waals surface area (Å²) in [5.41, 5.74) is 4.14. The number of nitrogens with zero attached hydrogens (tertiary/aromatic N) is 2. The Morgan fingerprint density at radius 3 is 2.75 bits per heavy atom. The molecule has 0 aliphatic carbocycles. The van der Waals surface area contributed by atoms with E-state index in [0.29, 0.717) is 16.3 Å². The van der Waals surface area contributed by atoms with E-state index in [9.17, 15) is 4.79 Å². The molecule has 0 spiro atoms. The first-order valence-corrected chi connectivity index (χ1v) is 9.72.